The fourth-order valence-electron chi connectivity index (χ4n) is 2.83. The molecule has 1 atom stereocenters. The number of carbonyl (C=O) groups is 2. The first-order valence-corrected chi connectivity index (χ1v) is 12.6. The summed E-state index contributed by atoms with van der Waals surface area (Å²) in [7, 11) is -4.07. The van der Waals surface area contributed by atoms with E-state index in [2.05, 4.69) is 23.8 Å². The minimum absolute atomic E-state index is 0.0934. The number of ether oxygens (including phenoxy) is 1. The number of sulfonamides is 1. The van der Waals surface area contributed by atoms with Crippen molar-refractivity contribution in [3.05, 3.63) is 53.9 Å². The van der Waals surface area contributed by atoms with E-state index < -0.39 is 34.5 Å². The molecule has 0 aliphatic rings. The van der Waals surface area contributed by atoms with Crippen LogP contribution in [0.25, 0.3) is 22.3 Å². The van der Waals surface area contributed by atoms with Crippen molar-refractivity contribution in [1.82, 2.24) is 18.5 Å². The standard InChI is InChI=1S/C20H17N5O5S3/c1-12(25-33(28,29)16-9-5-8-14-18(16)24-32-23-14)19(27)30-10-17(26)22-20-21-15(11-31-20)13-6-3-2-4-7-13/h2-9,11-12,25H,10H2,1H3,(H,21,22,26)/t12-/m1/s1. The summed E-state index contributed by atoms with van der Waals surface area (Å²) in [6, 6.07) is 12.8. The number of fused-ring (bicyclic) bond motifs is 1. The highest BCUT2D eigenvalue weighted by Gasteiger charge is 2.26. The van der Waals surface area contributed by atoms with E-state index in [1.165, 1.54) is 30.4 Å². The first-order valence-electron chi connectivity index (χ1n) is 9.54. The van der Waals surface area contributed by atoms with Crippen LogP contribution in [0.4, 0.5) is 5.13 Å². The van der Waals surface area contributed by atoms with Gasteiger partial charge in [0.25, 0.3) is 5.91 Å². The zero-order chi connectivity index (χ0) is 23.4. The molecule has 2 aromatic carbocycles. The number of nitrogens with one attached hydrogen (secondary N) is 2. The van der Waals surface area contributed by atoms with E-state index in [1.807, 2.05) is 30.3 Å². The molecule has 0 unspecified atom stereocenters. The molecule has 33 heavy (non-hydrogen) atoms. The molecule has 1 amide bonds. The SMILES string of the molecule is C[C@@H](NS(=O)(=O)c1cccc2nsnc12)C(=O)OCC(=O)Nc1nc(-c2ccccc2)cs1. The summed E-state index contributed by atoms with van der Waals surface area (Å²) in [4.78, 5) is 28.6. The van der Waals surface area contributed by atoms with Gasteiger partial charge in [-0.05, 0) is 19.1 Å². The topological polar surface area (TPSA) is 140 Å². The molecule has 2 N–H and O–H groups in total. The predicted molar refractivity (Wildman–Crippen MR) is 124 cm³/mol. The first kappa shape index (κ1) is 22.9. The number of amides is 1. The van der Waals surface area contributed by atoms with Gasteiger partial charge in [-0.3, -0.25) is 14.9 Å². The van der Waals surface area contributed by atoms with Crippen LogP contribution in [0.5, 0.6) is 0 Å². The molecule has 2 aromatic heterocycles. The number of anilines is 1. The fraction of sp³-hybridized carbons (Fsp3) is 0.150. The maximum Gasteiger partial charge on any atom is 0.324 e. The Bertz CT molecular complexity index is 1400. The van der Waals surface area contributed by atoms with Crippen LogP contribution >= 0.6 is 23.1 Å². The molecule has 0 saturated carbocycles. The molecule has 170 valence electrons. The Hall–Kier alpha value is -3.26. The van der Waals surface area contributed by atoms with E-state index >= 15 is 0 Å². The van der Waals surface area contributed by atoms with E-state index in [0.717, 1.165) is 17.3 Å². The lowest BCUT2D eigenvalue weighted by atomic mass is 10.2. The highest BCUT2D eigenvalue weighted by Crippen LogP contribution is 2.24. The van der Waals surface area contributed by atoms with Crippen LogP contribution in [0.15, 0.2) is 58.8 Å². The lowest BCUT2D eigenvalue weighted by Gasteiger charge is -2.13. The highest BCUT2D eigenvalue weighted by molar-refractivity contribution is 7.89. The molecule has 0 aliphatic carbocycles. The van der Waals surface area contributed by atoms with Crippen molar-refractivity contribution in [2.24, 2.45) is 0 Å². The van der Waals surface area contributed by atoms with Crippen molar-refractivity contribution >= 4 is 61.1 Å². The molecule has 13 heteroatoms. The number of esters is 1. The predicted octanol–water partition coefficient (Wildman–Crippen LogP) is 2.66. The van der Waals surface area contributed by atoms with E-state index in [-0.39, 0.29) is 10.4 Å². The molecule has 4 rings (SSSR count). The number of thiazole rings is 1. The van der Waals surface area contributed by atoms with Crippen molar-refractivity contribution < 1.29 is 22.7 Å². The summed E-state index contributed by atoms with van der Waals surface area (Å²) in [6.45, 7) is 0.737. The van der Waals surface area contributed by atoms with Gasteiger partial charge in [0.2, 0.25) is 10.0 Å². The highest BCUT2D eigenvalue weighted by atomic mass is 32.2. The molecule has 0 bridgehead atoms. The molecule has 2 heterocycles. The van der Waals surface area contributed by atoms with E-state index in [0.29, 0.717) is 16.3 Å². The fourth-order valence-corrected chi connectivity index (χ4v) is 5.53. The smallest absolute Gasteiger partial charge is 0.324 e. The minimum atomic E-state index is -4.07. The van der Waals surface area contributed by atoms with Crippen LogP contribution in [-0.2, 0) is 24.3 Å². The average Bonchev–Trinajstić information content (AvgIpc) is 3.47. The van der Waals surface area contributed by atoms with Crippen LogP contribution in [0.1, 0.15) is 6.92 Å². The normalized spacial score (nSPS) is 12.4. The number of rotatable bonds is 8. The Morgan fingerprint density at radius 2 is 1.88 bits per heavy atom. The van der Waals surface area contributed by atoms with Crippen LogP contribution in [0, 0.1) is 0 Å². The quantitative estimate of drug-likeness (QED) is 0.350. The first-order chi connectivity index (χ1) is 15.8. The van der Waals surface area contributed by atoms with Gasteiger partial charge in [-0.1, -0.05) is 36.4 Å². The minimum Gasteiger partial charge on any atom is -0.454 e. The van der Waals surface area contributed by atoms with Crippen LogP contribution in [-0.4, -0.2) is 46.7 Å². The monoisotopic (exact) mass is 503 g/mol. The second kappa shape index (κ2) is 9.70. The number of nitrogens with zero attached hydrogens (tertiary/aromatic N) is 3. The molecular formula is C20H17N5O5S3. The third-order valence-electron chi connectivity index (χ3n) is 4.39. The van der Waals surface area contributed by atoms with E-state index in [4.69, 9.17) is 4.74 Å². The molecular weight excluding hydrogens is 486 g/mol. The van der Waals surface area contributed by atoms with Crippen LogP contribution < -0.4 is 10.0 Å². The van der Waals surface area contributed by atoms with Crippen molar-refractivity contribution in [3.8, 4) is 11.3 Å². The zero-order valence-electron chi connectivity index (χ0n) is 17.1. The van der Waals surface area contributed by atoms with Crippen molar-refractivity contribution in [1.29, 1.82) is 0 Å². The summed E-state index contributed by atoms with van der Waals surface area (Å²) in [5.74, 6) is -1.49. The summed E-state index contributed by atoms with van der Waals surface area (Å²) >= 11 is 2.12. The summed E-state index contributed by atoms with van der Waals surface area (Å²) in [5, 5.41) is 4.71. The van der Waals surface area contributed by atoms with Crippen molar-refractivity contribution in [2.45, 2.75) is 17.9 Å². The molecule has 0 fully saturated rings. The third kappa shape index (κ3) is 5.39. The van der Waals surface area contributed by atoms with Gasteiger partial charge >= 0.3 is 5.97 Å². The third-order valence-corrected chi connectivity index (χ3v) is 7.26. The molecule has 0 radical (unpaired) electrons. The van der Waals surface area contributed by atoms with Gasteiger partial charge in [0.05, 0.1) is 17.4 Å². The molecule has 10 nitrogen and oxygen atoms in total. The number of hydrogen-bond acceptors (Lipinski definition) is 10. The Balaban J connectivity index is 1.31. The summed E-state index contributed by atoms with van der Waals surface area (Å²) in [6.07, 6.45) is 0. The Kier molecular flexibility index (Phi) is 6.74. The summed E-state index contributed by atoms with van der Waals surface area (Å²) < 4.78 is 40.6. The van der Waals surface area contributed by atoms with Gasteiger partial charge in [-0.2, -0.15) is 13.5 Å². The van der Waals surface area contributed by atoms with Gasteiger partial charge in [0.1, 0.15) is 22.0 Å². The van der Waals surface area contributed by atoms with Gasteiger partial charge in [-0.25, -0.2) is 13.4 Å². The van der Waals surface area contributed by atoms with E-state index in [1.54, 1.807) is 11.4 Å². The van der Waals surface area contributed by atoms with Gasteiger partial charge in [-0.15, -0.1) is 11.3 Å². The zero-order valence-corrected chi connectivity index (χ0v) is 19.5. The second-order valence-electron chi connectivity index (χ2n) is 6.79. The molecule has 0 spiro atoms. The molecule has 0 saturated heterocycles. The molecule has 0 aliphatic heterocycles. The number of aromatic nitrogens is 3. The largest absolute Gasteiger partial charge is 0.454 e. The lowest BCUT2D eigenvalue weighted by Crippen LogP contribution is -2.40. The second-order valence-corrected chi connectivity index (χ2v) is 9.86. The lowest BCUT2D eigenvalue weighted by molar-refractivity contribution is -0.148. The van der Waals surface area contributed by atoms with Crippen LogP contribution in [0.3, 0.4) is 0 Å². The Morgan fingerprint density at radius 3 is 2.67 bits per heavy atom. The van der Waals surface area contributed by atoms with Crippen LogP contribution in [0.2, 0.25) is 0 Å². The Labute approximate surface area is 197 Å². The van der Waals surface area contributed by atoms with Crippen molar-refractivity contribution in [3.63, 3.8) is 0 Å². The maximum atomic E-state index is 12.7. The average molecular weight is 504 g/mol. The number of benzene rings is 2. The molecule has 4 aromatic rings. The van der Waals surface area contributed by atoms with Crippen molar-refractivity contribution in [2.75, 3.05) is 11.9 Å². The van der Waals surface area contributed by atoms with Gasteiger partial charge in [0.15, 0.2) is 11.7 Å². The summed E-state index contributed by atoms with van der Waals surface area (Å²) in [5.41, 5.74) is 2.27. The van der Waals surface area contributed by atoms with Gasteiger partial charge in [0, 0.05) is 10.9 Å². The Morgan fingerprint density at radius 1 is 1.09 bits per heavy atom. The number of hydrogen-bond donors (Lipinski definition) is 2. The number of carbonyl (C=O) groups excluding carboxylic acids is 2. The van der Waals surface area contributed by atoms with Gasteiger partial charge < -0.3 is 4.74 Å². The maximum absolute atomic E-state index is 12.7. The van der Waals surface area contributed by atoms with E-state index in [9.17, 15) is 18.0 Å².